The van der Waals surface area contributed by atoms with E-state index in [1.54, 1.807) is 15.5 Å². The molecule has 3 aliphatic rings. The Hall–Kier alpha value is -3.25. The molecule has 0 aliphatic carbocycles. The van der Waals surface area contributed by atoms with Crippen molar-refractivity contribution < 1.29 is 23.0 Å². The zero-order valence-electron chi connectivity index (χ0n) is 22.9. The zero-order chi connectivity index (χ0) is 29.7. The molecule has 1 aromatic heterocycles. The second kappa shape index (κ2) is 11.4. The number of piperazine rings is 1. The summed E-state index contributed by atoms with van der Waals surface area (Å²) in [5.41, 5.74) is 0.0448. The number of morpholine rings is 1. The third-order valence-electron chi connectivity index (χ3n) is 8.19. The van der Waals surface area contributed by atoms with Crippen LogP contribution in [-0.4, -0.2) is 89.9 Å². The molecule has 42 heavy (non-hydrogen) atoms. The van der Waals surface area contributed by atoms with Gasteiger partial charge in [-0.15, -0.1) is 0 Å². The number of nitrogens with zero attached hydrogens (tertiary/aromatic N) is 5. The first-order chi connectivity index (χ1) is 20.2. The summed E-state index contributed by atoms with van der Waals surface area (Å²) in [5.74, 6) is -1.35. The van der Waals surface area contributed by atoms with Crippen molar-refractivity contribution in [1.82, 2.24) is 19.4 Å². The Morgan fingerprint density at radius 2 is 1.83 bits per heavy atom. The number of amides is 1. The Morgan fingerprint density at radius 1 is 1.07 bits per heavy atom. The molecule has 4 heterocycles. The predicted octanol–water partition coefficient (Wildman–Crippen LogP) is 3.96. The average molecular weight is 620 g/mol. The minimum atomic E-state index is -0.902. The standard InChI is InChI=1S/C29H29Cl2F2N5O4/c1-3-24(39)36-4-5-37(16(2)13-36)28-19-11-21(31)25(18-10-20(30)23(33)12-22(18)32)27-26(19)38(29(40)34-28)14-17(15-42-27)35-6-8-41-9-7-35/h3,10-12,16-17H,1,4-9,13-15H2,2H3/t16-,17+/m0/s1. The second-order valence-electron chi connectivity index (χ2n) is 10.7. The van der Waals surface area contributed by atoms with Crippen molar-refractivity contribution in [2.24, 2.45) is 0 Å². The summed E-state index contributed by atoms with van der Waals surface area (Å²) in [6.07, 6.45) is 1.28. The van der Waals surface area contributed by atoms with Crippen LogP contribution in [0.15, 0.2) is 35.6 Å². The normalized spacial score (nSPS) is 21.3. The van der Waals surface area contributed by atoms with Gasteiger partial charge in [0.25, 0.3) is 0 Å². The van der Waals surface area contributed by atoms with Crippen LogP contribution in [0.2, 0.25) is 10.0 Å². The van der Waals surface area contributed by atoms with Crippen molar-refractivity contribution in [2.45, 2.75) is 25.6 Å². The molecule has 1 amide bonds. The van der Waals surface area contributed by atoms with E-state index in [2.05, 4.69) is 16.5 Å². The van der Waals surface area contributed by atoms with Crippen molar-refractivity contribution in [3.63, 3.8) is 0 Å². The molecule has 2 atom stereocenters. The Balaban J connectivity index is 1.55. The molecule has 0 unspecified atom stereocenters. The van der Waals surface area contributed by atoms with Gasteiger partial charge in [0, 0.05) is 67.9 Å². The van der Waals surface area contributed by atoms with E-state index < -0.39 is 17.3 Å². The zero-order valence-corrected chi connectivity index (χ0v) is 24.4. The summed E-state index contributed by atoms with van der Waals surface area (Å²) < 4.78 is 42.9. The maximum Gasteiger partial charge on any atom is 0.350 e. The van der Waals surface area contributed by atoms with E-state index >= 15 is 4.39 Å². The van der Waals surface area contributed by atoms with Crippen molar-refractivity contribution in [3.8, 4) is 16.9 Å². The summed E-state index contributed by atoms with van der Waals surface area (Å²) in [5, 5.41) is 0.401. The van der Waals surface area contributed by atoms with Crippen molar-refractivity contribution in [2.75, 3.05) is 57.4 Å². The topological polar surface area (TPSA) is 80.1 Å². The minimum absolute atomic E-state index is 0.0459. The highest BCUT2D eigenvalue weighted by Crippen LogP contribution is 2.46. The smallest absolute Gasteiger partial charge is 0.350 e. The van der Waals surface area contributed by atoms with Crippen LogP contribution >= 0.6 is 23.2 Å². The highest BCUT2D eigenvalue weighted by Gasteiger charge is 2.34. The number of carbonyl (C=O) groups excluding carboxylic acids is 1. The molecule has 222 valence electrons. The first-order valence-electron chi connectivity index (χ1n) is 13.7. The molecular formula is C29H29Cl2F2N5O4. The lowest BCUT2D eigenvalue weighted by molar-refractivity contribution is -0.126. The van der Waals surface area contributed by atoms with Crippen LogP contribution in [0.3, 0.4) is 0 Å². The lowest BCUT2D eigenvalue weighted by Crippen LogP contribution is -2.54. The predicted molar refractivity (Wildman–Crippen MR) is 157 cm³/mol. The summed E-state index contributed by atoms with van der Waals surface area (Å²) in [7, 11) is 0. The number of benzene rings is 2. The largest absolute Gasteiger partial charge is 0.489 e. The van der Waals surface area contributed by atoms with Gasteiger partial charge in [-0.1, -0.05) is 29.8 Å². The Kier molecular flexibility index (Phi) is 7.86. The Labute approximate surface area is 250 Å². The maximum atomic E-state index is 15.3. The van der Waals surface area contributed by atoms with Gasteiger partial charge in [-0.2, -0.15) is 4.98 Å². The molecule has 0 N–H and O–H groups in total. The van der Waals surface area contributed by atoms with Crippen LogP contribution in [0.4, 0.5) is 14.6 Å². The van der Waals surface area contributed by atoms with E-state index in [9.17, 15) is 14.0 Å². The fourth-order valence-electron chi connectivity index (χ4n) is 6.06. The van der Waals surface area contributed by atoms with Gasteiger partial charge in [0.1, 0.15) is 24.1 Å². The summed E-state index contributed by atoms with van der Waals surface area (Å²) >= 11 is 12.9. The van der Waals surface area contributed by atoms with Crippen LogP contribution in [0.5, 0.6) is 5.75 Å². The number of hydrogen-bond donors (Lipinski definition) is 0. The van der Waals surface area contributed by atoms with E-state index in [-0.39, 0.29) is 58.1 Å². The van der Waals surface area contributed by atoms with Crippen LogP contribution in [0, 0.1) is 11.6 Å². The SMILES string of the molecule is C=CC(=O)N1CCN(c2nc(=O)n3c4c(c(-c5cc(Cl)c(F)cc5F)c(Cl)cc24)OC[C@H](N2CCOCC2)C3)[C@@H](C)C1. The van der Waals surface area contributed by atoms with E-state index in [4.69, 9.17) is 32.7 Å². The van der Waals surface area contributed by atoms with E-state index in [1.165, 1.54) is 12.1 Å². The van der Waals surface area contributed by atoms with E-state index in [0.717, 1.165) is 0 Å². The molecule has 0 radical (unpaired) electrons. The van der Waals surface area contributed by atoms with Crippen molar-refractivity contribution >= 4 is 45.8 Å². The maximum absolute atomic E-state index is 15.3. The number of carbonyl (C=O) groups is 1. The molecular weight excluding hydrogens is 591 g/mol. The van der Waals surface area contributed by atoms with Crippen LogP contribution in [0.25, 0.3) is 22.0 Å². The quantitative estimate of drug-likeness (QED) is 0.323. The van der Waals surface area contributed by atoms with Crippen molar-refractivity contribution in [1.29, 1.82) is 0 Å². The molecule has 3 aromatic rings. The number of hydrogen-bond acceptors (Lipinski definition) is 7. The summed E-state index contributed by atoms with van der Waals surface area (Å²) in [4.78, 5) is 36.4. The second-order valence-corrected chi connectivity index (χ2v) is 11.5. The summed E-state index contributed by atoms with van der Waals surface area (Å²) in [6, 6.07) is 3.13. The fraction of sp³-hybridized carbons (Fsp3) is 0.414. The van der Waals surface area contributed by atoms with Crippen LogP contribution in [0.1, 0.15) is 6.92 Å². The lowest BCUT2D eigenvalue weighted by Gasteiger charge is -2.40. The van der Waals surface area contributed by atoms with Gasteiger partial charge in [-0.05, 0) is 25.1 Å². The number of halogens is 4. The van der Waals surface area contributed by atoms with E-state index in [0.29, 0.717) is 68.7 Å². The number of rotatable bonds is 4. The minimum Gasteiger partial charge on any atom is -0.489 e. The molecule has 2 fully saturated rings. The van der Waals surface area contributed by atoms with Gasteiger partial charge in [-0.3, -0.25) is 14.3 Å². The first-order valence-corrected chi connectivity index (χ1v) is 14.5. The highest BCUT2D eigenvalue weighted by molar-refractivity contribution is 6.35. The summed E-state index contributed by atoms with van der Waals surface area (Å²) in [6.45, 7) is 9.66. The molecule has 2 saturated heterocycles. The van der Waals surface area contributed by atoms with Gasteiger partial charge < -0.3 is 19.3 Å². The van der Waals surface area contributed by atoms with E-state index in [1.807, 2.05) is 11.8 Å². The van der Waals surface area contributed by atoms with Crippen LogP contribution < -0.4 is 15.3 Å². The Morgan fingerprint density at radius 3 is 2.55 bits per heavy atom. The van der Waals surface area contributed by atoms with Gasteiger partial charge in [0.05, 0.1) is 34.8 Å². The Bertz CT molecular complexity index is 1640. The van der Waals surface area contributed by atoms with Crippen LogP contribution in [-0.2, 0) is 16.1 Å². The third kappa shape index (κ3) is 5.02. The lowest BCUT2D eigenvalue weighted by atomic mass is 10.0. The van der Waals surface area contributed by atoms with Gasteiger partial charge in [0.15, 0.2) is 5.75 Å². The highest BCUT2D eigenvalue weighted by atomic mass is 35.5. The monoisotopic (exact) mass is 619 g/mol. The van der Waals surface area contributed by atoms with Gasteiger partial charge in [-0.25, -0.2) is 13.6 Å². The molecule has 0 saturated carbocycles. The molecule has 13 heteroatoms. The number of aromatic nitrogens is 2. The fourth-order valence-corrected chi connectivity index (χ4v) is 6.52. The third-order valence-corrected chi connectivity index (χ3v) is 8.78. The molecule has 2 aromatic carbocycles. The molecule has 9 nitrogen and oxygen atoms in total. The first kappa shape index (κ1) is 28.9. The molecule has 6 rings (SSSR count). The van der Waals surface area contributed by atoms with Gasteiger partial charge in [0.2, 0.25) is 5.91 Å². The average Bonchev–Trinajstić information content (AvgIpc) is 3.18. The molecule has 0 bridgehead atoms. The molecule has 0 spiro atoms. The number of ether oxygens (including phenoxy) is 2. The van der Waals surface area contributed by atoms with Crippen molar-refractivity contribution in [3.05, 3.63) is 63.0 Å². The van der Waals surface area contributed by atoms with Gasteiger partial charge >= 0.3 is 5.69 Å². The molecule has 3 aliphatic heterocycles. The number of anilines is 1.